The van der Waals surface area contributed by atoms with Crippen molar-refractivity contribution in [1.82, 2.24) is 0 Å². The van der Waals surface area contributed by atoms with E-state index in [-0.39, 0.29) is 12.1 Å². The number of rotatable bonds is 11. The highest BCUT2D eigenvalue weighted by Gasteiger charge is 2.18. The molecule has 2 nitrogen and oxygen atoms in total. The average Bonchev–Trinajstić information content (AvgIpc) is 2.80. The van der Waals surface area contributed by atoms with Crippen LogP contribution < -0.4 is 0 Å². The smallest absolute Gasteiger partial charge is 0.338 e. The number of unbranched alkanes of at least 4 members (excludes halogenated alkanes) is 4. The van der Waals surface area contributed by atoms with Gasteiger partial charge >= 0.3 is 5.97 Å². The molecule has 3 aromatic rings. The Balaban J connectivity index is 1.67. The van der Waals surface area contributed by atoms with Crippen molar-refractivity contribution in [2.45, 2.75) is 61.3 Å². The van der Waals surface area contributed by atoms with Gasteiger partial charge in [-0.05, 0) is 54.8 Å². The van der Waals surface area contributed by atoms with Gasteiger partial charge in [0, 0.05) is 9.79 Å². The van der Waals surface area contributed by atoms with E-state index in [0.717, 1.165) is 18.4 Å². The molecule has 0 aliphatic carbocycles. The van der Waals surface area contributed by atoms with Gasteiger partial charge in [0.05, 0.1) is 5.56 Å². The summed E-state index contributed by atoms with van der Waals surface area (Å²) in [6.45, 7) is 2.22. The summed E-state index contributed by atoms with van der Waals surface area (Å²) < 4.78 is 5.94. The second-order valence-corrected chi connectivity index (χ2v) is 8.59. The van der Waals surface area contributed by atoms with Gasteiger partial charge in [-0.3, -0.25) is 0 Å². The normalized spacial score (nSPS) is 11.8. The maximum Gasteiger partial charge on any atom is 0.338 e. The van der Waals surface area contributed by atoms with Crippen molar-refractivity contribution in [2.75, 3.05) is 0 Å². The molecule has 0 aliphatic rings. The monoisotopic (exact) mass is 418 g/mol. The first kappa shape index (κ1) is 22.2. The van der Waals surface area contributed by atoms with Gasteiger partial charge in [-0.15, -0.1) is 0 Å². The van der Waals surface area contributed by atoms with Crippen molar-refractivity contribution in [2.24, 2.45) is 0 Å². The van der Waals surface area contributed by atoms with E-state index >= 15 is 0 Å². The Morgan fingerprint density at radius 1 is 0.767 bits per heavy atom. The molecule has 0 spiro atoms. The minimum absolute atomic E-state index is 0.213. The van der Waals surface area contributed by atoms with Gasteiger partial charge in [-0.2, -0.15) is 0 Å². The Hall–Kier alpha value is -2.52. The highest BCUT2D eigenvalue weighted by atomic mass is 32.2. The SMILES string of the molecule is CCCCCCCC(OC(=O)c1ccccc1)c1ccc(Sc2ccccc2)cc1. The standard InChI is InChI=1S/C27H30O2S/c1-2-3-4-5-12-17-26(29-27(28)23-13-8-6-9-14-23)22-18-20-25(21-19-22)30-24-15-10-7-11-16-24/h6-11,13-16,18-21,26H,2-5,12,17H2,1H3. The molecule has 0 saturated heterocycles. The molecule has 3 aromatic carbocycles. The lowest BCUT2D eigenvalue weighted by Crippen LogP contribution is -2.12. The molecule has 0 aliphatic heterocycles. The molecule has 0 aromatic heterocycles. The fourth-order valence-electron chi connectivity index (χ4n) is 3.37. The number of ether oxygens (including phenoxy) is 1. The average molecular weight is 419 g/mol. The lowest BCUT2D eigenvalue weighted by atomic mass is 10.0. The Morgan fingerprint density at radius 3 is 2.03 bits per heavy atom. The van der Waals surface area contributed by atoms with Crippen LogP contribution in [0.15, 0.2) is 94.7 Å². The van der Waals surface area contributed by atoms with E-state index in [9.17, 15) is 4.79 Å². The van der Waals surface area contributed by atoms with Crippen LogP contribution in [0.3, 0.4) is 0 Å². The van der Waals surface area contributed by atoms with Crippen molar-refractivity contribution in [3.8, 4) is 0 Å². The summed E-state index contributed by atoms with van der Waals surface area (Å²) in [4.78, 5) is 15.0. The number of benzene rings is 3. The van der Waals surface area contributed by atoms with Gasteiger partial charge in [-0.1, -0.05) is 92.9 Å². The zero-order chi connectivity index (χ0) is 21.0. The molecule has 1 atom stereocenters. The van der Waals surface area contributed by atoms with Crippen LogP contribution in [0.25, 0.3) is 0 Å². The molecule has 156 valence electrons. The molecular formula is C27H30O2S. The summed E-state index contributed by atoms with van der Waals surface area (Å²) in [5.41, 5.74) is 1.66. The summed E-state index contributed by atoms with van der Waals surface area (Å²) >= 11 is 1.74. The third kappa shape index (κ3) is 7.07. The number of hydrogen-bond acceptors (Lipinski definition) is 3. The van der Waals surface area contributed by atoms with Crippen molar-refractivity contribution in [3.05, 3.63) is 96.1 Å². The van der Waals surface area contributed by atoms with Crippen LogP contribution in [0, 0.1) is 0 Å². The molecule has 0 N–H and O–H groups in total. The van der Waals surface area contributed by atoms with E-state index in [1.165, 1.54) is 35.5 Å². The van der Waals surface area contributed by atoms with Crippen LogP contribution in [0.4, 0.5) is 0 Å². The summed E-state index contributed by atoms with van der Waals surface area (Å²) in [6, 6.07) is 28.0. The third-order valence-corrected chi connectivity index (χ3v) is 6.08. The van der Waals surface area contributed by atoms with E-state index in [4.69, 9.17) is 4.74 Å². The minimum atomic E-state index is -0.253. The zero-order valence-electron chi connectivity index (χ0n) is 17.6. The Labute approximate surface area is 184 Å². The van der Waals surface area contributed by atoms with Crippen LogP contribution in [0.1, 0.15) is 67.5 Å². The molecule has 0 saturated carbocycles. The van der Waals surface area contributed by atoms with Gasteiger partial charge in [0.25, 0.3) is 0 Å². The fourth-order valence-corrected chi connectivity index (χ4v) is 4.21. The van der Waals surface area contributed by atoms with Crippen molar-refractivity contribution in [1.29, 1.82) is 0 Å². The van der Waals surface area contributed by atoms with Gasteiger partial charge in [0.1, 0.15) is 6.10 Å². The number of carbonyl (C=O) groups is 1. The summed E-state index contributed by atoms with van der Waals surface area (Å²) in [5.74, 6) is -0.253. The molecule has 1 unspecified atom stereocenters. The number of carbonyl (C=O) groups excluding carboxylic acids is 1. The Bertz CT molecular complexity index is 876. The van der Waals surface area contributed by atoms with E-state index in [1.807, 2.05) is 36.4 Å². The second kappa shape index (κ2) is 12.2. The molecule has 3 heteroatoms. The number of esters is 1. The zero-order valence-corrected chi connectivity index (χ0v) is 18.4. The lowest BCUT2D eigenvalue weighted by Gasteiger charge is -2.19. The van der Waals surface area contributed by atoms with Gasteiger partial charge in [0.2, 0.25) is 0 Å². The van der Waals surface area contributed by atoms with Crippen LogP contribution in [0.2, 0.25) is 0 Å². The lowest BCUT2D eigenvalue weighted by molar-refractivity contribution is 0.0270. The van der Waals surface area contributed by atoms with Crippen LogP contribution in [0.5, 0.6) is 0 Å². The third-order valence-electron chi connectivity index (χ3n) is 5.06. The van der Waals surface area contributed by atoms with Crippen molar-refractivity contribution < 1.29 is 9.53 Å². The van der Waals surface area contributed by atoms with Gasteiger partial charge in [0.15, 0.2) is 0 Å². The Morgan fingerprint density at radius 2 is 1.37 bits per heavy atom. The predicted octanol–water partition coefficient (Wildman–Crippen LogP) is 8.10. The van der Waals surface area contributed by atoms with E-state index in [0.29, 0.717) is 5.56 Å². The quantitative estimate of drug-likeness (QED) is 0.232. The van der Waals surface area contributed by atoms with E-state index < -0.39 is 0 Å². The number of hydrogen-bond donors (Lipinski definition) is 0. The highest BCUT2D eigenvalue weighted by Crippen LogP contribution is 2.31. The van der Waals surface area contributed by atoms with E-state index in [2.05, 4.69) is 43.3 Å². The molecule has 0 amide bonds. The van der Waals surface area contributed by atoms with Crippen LogP contribution in [-0.2, 0) is 4.74 Å². The largest absolute Gasteiger partial charge is 0.454 e. The second-order valence-electron chi connectivity index (χ2n) is 7.45. The first-order valence-corrected chi connectivity index (χ1v) is 11.7. The molecular weight excluding hydrogens is 388 g/mol. The summed E-state index contributed by atoms with van der Waals surface area (Å²) in [7, 11) is 0. The van der Waals surface area contributed by atoms with Crippen LogP contribution >= 0.6 is 11.8 Å². The molecule has 3 rings (SSSR count). The van der Waals surface area contributed by atoms with Gasteiger partial charge in [-0.25, -0.2) is 4.79 Å². The Kier molecular flexibility index (Phi) is 9.04. The summed E-state index contributed by atoms with van der Waals surface area (Å²) in [5, 5.41) is 0. The molecule has 30 heavy (non-hydrogen) atoms. The van der Waals surface area contributed by atoms with Crippen LogP contribution in [-0.4, -0.2) is 5.97 Å². The minimum Gasteiger partial charge on any atom is -0.454 e. The molecule has 0 radical (unpaired) electrons. The first-order chi connectivity index (χ1) is 14.8. The molecule has 0 heterocycles. The topological polar surface area (TPSA) is 26.3 Å². The maximum absolute atomic E-state index is 12.6. The maximum atomic E-state index is 12.6. The van der Waals surface area contributed by atoms with Crippen molar-refractivity contribution >= 4 is 17.7 Å². The summed E-state index contributed by atoms with van der Waals surface area (Å²) in [6.07, 6.45) is 6.61. The molecule has 0 bridgehead atoms. The van der Waals surface area contributed by atoms with Crippen molar-refractivity contribution in [3.63, 3.8) is 0 Å². The molecule has 0 fully saturated rings. The fraction of sp³-hybridized carbons (Fsp3) is 0.296. The predicted molar refractivity (Wildman–Crippen MR) is 125 cm³/mol. The van der Waals surface area contributed by atoms with Gasteiger partial charge < -0.3 is 4.74 Å². The first-order valence-electron chi connectivity index (χ1n) is 10.8. The highest BCUT2D eigenvalue weighted by molar-refractivity contribution is 7.99. The van der Waals surface area contributed by atoms with E-state index in [1.54, 1.807) is 23.9 Å².